The average Bonchev–Trinajstić information content (AvgIpc) is 2.97. The zero-order chi connectivity index (χ0) is 25.2. The highest BCUT2D eigenvalue weighted by Crippen LogP contribution is 2.33. The molecule has 1 N–H and O–H groups in total. The van der Waals surface area contributed by atoms with Crippen molar-refractivity contribution in [1.82, 2.24) is 19.9 Å². The second kappa shape index (κ2) is 9.95. The first kappa shape index (κ1) is 23.1. The van der Waals surface area contributed by atoms with Crippen LogP contribution in [0.3, 0.4) is 0 Å². The smallest absolute Gasteiger partial charge is 0.257 e. The maximum Gasteiger partial charge on any atom is 0.257 e. The van der Waals surface area contributed by atoms with Gasteiger partial charge in [0.1, 0.15) is 5.52 Å². The van der Waals surface area contributed by atoms with E-state index in [-0.39, 0.29) is 5.91 Å². The summed E-state index contributed by atoms with van der Waals surface area (Å²) < 4.78 is 0. The van der Waals surface area contributed by atoms with E-state index in [0.717, 1.165) is 60.3 Å². The van der Waals surface area contributed by atoms with Crippen molar-refractivity contribution in [3.05, 3.63) is 91.0 Å². The van der Waals surface area contributed by atoms with Crippen LogP contribution in [0, 0.1) is 0 Å². The lowest BCUT2D eigenvalue weighted by molar-refractivity contribution is 0.102. The highest BCUT2D eigenvalue weighted by atomic mass is 16.1. The van der Waals surface area contributed by atoms with E-state index in [1.54, 1.807) is 12.4 Å². The molecule has 0 spiro atoms. The summed E-state index contributed by atoms with van der Waals surface area (Å²) in [6.45, 7) is 7.49. The zero-order valence-corrected chi connectivity index (χ0v) is 20.8. The maximum atomic E-state index is 13.3. The Morgan fingerprint density at radius 3 is 2.38 bits per heavy atom. The third-order valence-electron chi connectivity index (χ3n) is 7.14. The second-order valence-electron chi connectivity index (χ2n) is 9.24. The van der Waals surface area contributed by atoms with Gasteiger partial charge in [-0.2, -0.15) is 0 Å². The van der Waals surface area contributed by atoms with E-state index in [9.17, 15) is 4.79 Å². The van der Waals surface area contributed by atoms with Crippen molar-refractivity contribution in [1.29, 1.82) is 0 Å². The van der Waals surface area contributed by atoms with E-state index in [1.807, 2.05) is 54.9 Å². The minimum absolute atomic E-state index is 0.211. The Hall–Kier alpha value is -4.36. The quantitative estimate of drug-likeness (QED) is 0.365. The van der Waals surface area contributed by atoms with Crippen molar-refractivity contribution >= 4 is 39.1 Å². The fraction of sp³-hybridized carbons (Fsp3) is 0.200. The second-order valence-corrected chi connectivity index (χ2v) is 9.24. The summed E-state index contributed by atoms with van der Waals surface area (Å²) in [5.74, 6) is -0.211. The van der Waals surface area contributed by atoms with Crippen molar-refractivity contribution in [2.45, 2.75) is 6.92 Å². The number of amides is 1. The van der Waals surface area contributed by atoms with Gasteiger partial charge in [-0.1, -0.05) is 37.3 Å². The number of hydrogen-bond acceptors (Lipinski definition) is 6. The van der Waals surface area contributed by atoms with Crippen LogP contribution < -0.4 is 10.2 Å². The molecule has 1 fully saturated rings. The minimum atomic E-state index is -0.211. The molecule has 7 heteroatoms. The molecular weight excluding hydrogens is 460 g/mol. The van der Waals surface area contributed by atoms with Gasteiger partial charge in [-0.3, -0.25) is 19.7 Å². The van der Waals surface area contributed by atoms with E-state index in [2.05, 4.69) is 55.2 Å². The lowest BCUT2D eigenvalue weighted by Crippen LogP contribution is -2.46. The van der Waals surface area contributed by atoms with E-state index in [1.165, 1.54) is 5.69 Å². The molecule has 1 aliphatic rings. The van der Waals surface area contributed by atoms with Gasteiger partial charge in [0, 0.05) is 78.9 Å². The van der Waals surface area contributed by atoms with Gasteiger partial charge >= 0.3 is 0 Å². The van der Waals surface area contributed by atoms with Gasteiger partial charge in [-0.25, -0.2) is 0 Å². The number of pyridine rings is 1. The van der Waals surface area contributed by atoms with Gasteiger partial charge in [-0.05, 0) is 42.3 Å². The largest absolute Gasteiger partial charge is 0.369 e. The minimum Gasteiger partial charge on any atom is -0.369 e. The highest BCUT2D eigenvalue weighted by Gasteiger charge is 2.18. The fourth-order valence-electron chi connectivity index (χ4n) is 5.06. The number of rotatable bonds is 5. The molecule has 0 unspecified atom stereocenters. The molecule has 1 aliphatic heterocycles. The maximum absolute atomic E-state index is 13.3. The Kier molecular flexibility index (Phi) is 6.20. The zero-order valence-electron chi connectivity index (χ0n) is 20.8. The van der Waals surface area contributed by atoms with Crippen molar-refractivity contribution < 1.29 is 4.79 Å². The molecule has 0 radical (unpaired) electrons. The molecule has 3 heterocycles. The molecule has 5 aromatic rings. The molecule has 6 rings (SSSR count). The van der Waals surface area contributed by atoms with Crippen LogP contribution in [-0.4, -0.2) is 58.5 Å². The summed E-state index contributed by atoms with van der Waals surface area (Å²) in [4.78, 5) is 31.8. The lowest BCUT2D eigenvalue weighted by atomic mass is 9.97. The molecule has 0 bridgehead atoms. The van der Waals surface area contributed by atoms with Crippen LogP contribution in [0.4, 0.5) is 11.4 Å². The number of carbonyl (C=O) groups excluding carboxylic acids is 1. The molecule has 37 heavy (non-hydrogen) atoms. The molecule has 7 nitrogen and oxygen atoms in total. The van der Waals surface area contributed by atoms with Gasteiger partial charge in [0.25, 0.3) is 5.91 Å². The van der Waals surface area contributed by atoms with Crippen LogP contribution >= 0.6 is 0 Å². The first-order valence-corrected chi connectivity index (χ1v) is 12.7. The van der Waals surface area contributed by atoms with E-state index in [4.69, 9.17) is 0 Å². The summed E-state index contributed by atoms with van der Waals surface area (Å²) in [7, 11) is 0. The van der Waals surface area contributed by atoms with Gasteiger partial charge in [0.15, 0.2) is 0 Å². The molecule has 184 valence electrons. The Bertz CT molecular complexity index is 1570. The molecular formula is C30H28N6O. The molecule has 2 aromatic heterocycles. The van der Waals surface area contributed by atoms with Crippen LogP contribution in [0.1, 0.15) is 17.3 Å². The number of aromatic nitrogens is 3. The predicted molar refractivity (Wildman–Crippen MR) is 149 cm³/mol. The number of nitrogens with one attached hydrogen (secondary N) is 1. The Morgan fingerprint density at radius 1 is 0.838 bits per heavy atom. The summed E-state index contributed by atoms with van der Waals surface area (Å²) in [6.07, 6.45) is 6.97. The highest BCUT2D eigenvalue weighted by molar-refractivity contribution is 6.14. The van der Waals surface area contributed by atoms with Crippen LogP contribution in [0.25, 0.3) is 32.9 Å². The van der Waals surface area contributed by atoms with E-state index < -0.39 is 0 Å². The summed E-state index contributed by atoms with van der Waals surface area (Å²) in [6, 6.07) is 20.0. The van der Waals surface area contributed by atoms with E-state index in [0.29, 0.717) is 16.6 Å². The molecule has 1 amide bonds. The van der Waals surface area contributed by atoms with Crippen LogP contribution in [0.5, 0.6) is 0 Å². The lowest BCUT2D eigenvalue weighted by Gasteiger charge is -2.35. The summed E-state index contributed by atoms with van der Waals surface area (Å²) in [5.41, 5.74) is 5.52. The molecule has 1 saturated heterocycles. The molecule has 0 aliphatic carbocycles. The van der Waals surface area contributed by atoms with Crippen molar-refractivity contribution in [2.24, 2.45) is 0 Å². The van der Waals surface area contributed by atoms with Gasteiger partial charge < -0.3 is 15.1 Å². The first-order valence-electron chi connectivity index (χ1n) is 12.7. The summed E-state index contributed by atoms with van der Waals surface area (Å²) >= 11 is 0. The van der Waals surface area contributed by atoms with Crippen LogP contribution in [-0.2, 0) is 0 Å². The normalized spacial score (nSPS) is 14.2. The Labute approximate surface area is 215 Å². The van der Waals surface area contributed by atoms with Crippen molar-refractivity contribution in [3.8, 4) is 11.1 Å². The number of carbonyl (C=O) groups is 1. The fourth-order valence-corrected chi connectivity index (χ4v) is 5.06. The molecule has 3 aromatic carbocycles. The van der Waals surface area contributed by atoms with Gasteiger partial charge in [0.05, 0.1) is 11.1 Å². The first-order chi connectivity index (χ1) is 18.2. The summed E-state index contributed by atoms with van der Waals surface area (Å²) in [5, 5.41) is 5.17. The number of nitrogens with zero attached hydrogens (tertiary/aromatic N) is 5. The monoisotopic (exact) mass is 488 g/mol. The third-order valence-corrected chi connectivity index (χ3v) is 7.14. The number of hydrogen-bond donors (Lipinski definition) is 1. The third kappa shape index (κ3) is 4.49. The number of anilines is 2. The predicted octanol–water partition coefficient (Wildman–Crippen LogP) is 5.24. The number of benzene rings is 3. The number of fused-ring (bicyclic) bond motifs is 2. The molecule has 0 atom stereocenters. The van der Waals surface area contributed by atoms with Gasteiger partial charge in [0.2, 0.25) is 0 Å². The average molecular weight is 489 g/mol. The van der Waals surface area contributed by atoms with Crippen molar-refractivity contribution in [2.75, 3.05) is 42.9 Å². The Morgan fingerprint density at radius 2 is 1.59 bits per heavy atom. The van der Waals surface area contributed by atoms with Gasteiger partial charge in [-0.15, -0.1) is 0 Å². The number of piperazine rings is 1. The number of likely N-dealkylation sites (N-methyl/N-ethyl adjacent to an activating group) is 1. The molecule has 0 saturated carbocycles. The standard InChI is InChI=1S/C30H28N6O/c1-2-35-15-17-36(18-16-35)23-9-7-22(8-10-23)34-30(37)26-12-11-25(28-29(26)33-14-13-32-28)27-20-31-19-21-5-3-4-6-24(21)27/h3-14,19-20H,2,15-18H2,1H3,(H,34,37). The van der Waals surface area contributed by atoms with Crippen molar-refractivity contribution in [3.63, 3.8) is 0 Å². The van der Waals surface area contributed by atoms with Crippen LogP contribution in [0.2, 0.25) is 0 Å². The van der Waals surface area contributed by atoms with E-state index >= 15 is 0 Å². The van der Waals surface area contributed by atoms with Crippen LogP contribution in [0.15, 0.2) is 85.5 Å². The topological polar surface area (TPSA) is 74.2 Å². The Balaban J connectivity index is 1.27. The SMILES string of the molecule is CCN1CCN(c2ccc(NC(=O)c3ccc(-c4cncc5ccccc45)c4nccnc34)cc2)CC1.